The number of nitrogens with zero attached hydrogens (tertiary/aromatic N) is 1. The van der Waals surface area contributed by atoms with E-state index < -0.39 is 0 Å². The van der Waals surface area contributed by atoms with E-state index >= 15 is 0 Å². The molecule has 12 heavy (non-hydrogen) atoms. The van der Waals surface area contributed by atoms with Gasteiger partial charge in [-0.2, -0.15) is 0 Å². The van der Waals surface area contributed by atoms with Crippen molar-refractivity contribution in [2.24, 2.45) is 0 Å². The minimum Gasteiger partial charge on any atom is -0.241 e. The van der Waals surface area contributed by atoms with Gasteiger partial charge in [0.25, 0.3) is 0 Å². The zero-order valence-corrected chi connectivity index (χ0v) is 8.90. The molecule has 64 valence electrons. The van der Waals surface area contributed by atoms with Gasteiger partial charge in [0.2, 0.25) is 0 Å². The van der Waals surface area contributed by atoms with Crippen LogP contribution in [0.4, 0.5) is 0 Å². The highest BCUT2D eigenvalue weighted by Gasteiger charge is 2.44. The lowest BCUT2D eigenvalue weighted by Crippen LogP contribution is -2.09. The van der Waals surface area contributed by atoms with Gasteiger partial charge in [-0.3, -0.25) is 0 Å². The number of aromatic nitrogens is 1. The number of halogens is 2. The molecular formula is C9H9BrClN. The maximum Gasteiger partial charge on any atom is 0.129 e. The van der Waals surface area contributed by atoms with Gasteiger partial charge in [-0.05, 0) is 25.0 Å². The maximum atomic E-state index is 5.81. The van der Waals surface area contributed by atoms with Crippen LogP contribution < -0.4 is 0 Å². The number of rotatable bonds is 2. The second-order valence-electron chi connectivity index (χ2n) is 3.26. The van der Waals surface area contributed by atoms with Gasteiger partial charge in [-0.1, -0.05) is 33.6 Å². The smallest absolute Gasteiger partial charge is 0.129 e. The Labute approximate surface area is 85.3 Å². The predicted molar refractivity (Wildman–Crippen MR) is 54.0 cm³/mol. The van der Waals surface area contributed by atoms with Crippen molar-refractivity contribution in [3.8, 4) is 0 Å². The van der Waals surface area contributed by atoms with E-state index in [0.717, 1.165) is 11.0 Å². The predicted octanol–water partition coefficient (Wildman–Crippen LogP) is 3.16. The van der Waals surface area contributed by atoms with Crippen molar-refractivity contribution >= 4 is 27.5 Å². The topological polar surface area (TPSA) is 12.9 Å². The van der Waals surface area contributed by atoms with Crippen LogP contribution in [-0.4, -0.2) is 10.3 Å². The standard InChI is InChI=1S/C9H9BrClN/c10-6-9(4-5-9)7-2-1-3-8(11)12-7/h1-3H,4-6H2. The van der Waals surface area contributed by atoms with Gasteiger partial charge in [-0.15, -0.1) is 0 Å². The van der Waals surface area contributed by atoms with E-state index in [9.17, 15) is 0 Å². The third kappa shape index (κ3) is 1.38. The van der Waals surface area contributed by atoms with Gasteiger partial charge >= 0.3 is 0 Å². The minimum atomic E-state index is 0.297. The molecular weight excluding hydrogens is 237 g/mol. The summed E-state index contributed by atoms with van der Waals surface area (Å²) in [6, 6.07) is 5.84. The van der Waals surface area contributed by atoms with E-state index in [0.29, 0.717) is 10.6 Å². The van der Waals surface area contributed by atoms with Crippen LogP contribution in [0.5, 0.6) is 0 Å². The molecule has 0 radical (unpaired) electrons. The second kappa shape index (κ2) is 3.00. The first kappa shape index (κ1) is 8.52. The molecule has 2 rings (SSSR count). The van der Waals surface area contributed by atoms with Crippen LogP contribution in [0.2, 0.25) is 5.15 Å². The van der Waals surface area contributed by atoms with Crippen molar-refractivity contribution in [1.82, 2.24) is 4.98 Å². The van der Waals surface area contributed by atoms with Gasteiger partial charge in [0.05, 0.1) is 0 Å². The Hall–Kier alpha value is -0.0800. The molecule has 0 unspecified atom stereocenters. The fourth-order valence-corrected chi connectivity index (χ4v) is 2.32. The molecule has 3 heteroatoms. The molecule has 0 aromatic carbocycles. The first-order chi connectivity index (χ1) is 5.77. The second-order valence-corrected chi connectivity index (χ2v) is 4.21. The molecule has 0 saturated heterocycles. The van der Waals surface area contributed by atoms with Crippen molar-refractivity contribution in [2.45, 2.75) is 18.3 Å². The number of hydrogen-bond donors (Lipinski definition) is 0. The monoisotopic (exact) mass is 245 g/mol. The quantitative estimate of drug-likeness (QED) is 0.577. The maximum absolute atomic E-state index is 5.81. The Bertz CT molecular complexity index is 296. The summed E-state index contributed by atoms with van der Waals surface area (Å²) in [7, 11) is 0. The third-order valence-electron chi connectivity index (χ3n) is 2.37. The normalized spacial score (nSPS) is 19.2. The zero-order chi connectivity index (χ0) is 8.60. The Balaban J connectivity index is 2.34. The molecule has 0 bridgehead atoms. The minimum absolute atomic E-state index is 0.297. The highest BCUT2D eigenvalue weighted by molar-refractivity contribution is 9.09. The van der Waals surface area contributed by atoms with Crippen molar-refractivity contribution < 1.29 is 0 Å². The van der Waals surface area contributed by atoms with Crippen molar-refractivity contribution in [1.29, 1.82) is 0 Å². The molecule has 1 aliphatic rings. The lowest BCUT2D eigenvalue weighted by Gasteiger charge is -2.09. The van der Waals surface area contributed by atoms with E-state index in [1.165, 1.54) is 12.8 Å². The largest absolute Gasteiger partial charge is 0.241 e. The Morgan fingerprint density at radius 1 is 1.50 bits per heavy atom. The van der Waals surface area contributed by atoms with Gasteiger partial charge in [-0.25, -0.2) is 4.98 Å². The molecule has 1 saturated carbocycles. The SMILES string of the molecule is Clc1cccc(C2(CBr)CC2)n1. The molecule has 1 fully saturated rings. The summed E-state index contributed by atoms with van der Waals surface area (Å²) >= 11 is 9.32. The summed E-state index contributed by atoms with van der Waals surface area (Å²) in [6.45, 7) is 0. The molecule has 1 aromatic rings. The number of hydrogen-bond acceptors (Lipinski definition) is 1. The molecule has 0 N–H and O–H groups in total. The average Bonchev–Trinajstić information content (AvgIpc) is 2.84. The van der Waals surface area contributed by atoms with Crippen LogP contribution in [-0.2, 0) is 5.41 Å². The summed E-state index contributed by atoms with van der Waals surface area (Å²) in [5.74, 6) is 0. The molecule has 1 nitrogen and oxygen atoms in total. The van der Waals surface area contributed by atoms with Crippen molar-refractivity contribution in [3.63, 3.8) is 0 Å². The molecule has 1 heterocycles. The summed E-state index contributed by atoms with van der Waals surface area (Å²) in [4.78, 5) is 4.31. The first-order valence-electron chi connectivity index (χ1n) is 3.96. The molecule has 1 aliphatic carbocycles. The van der Waals surface area contributed by atoms with E-state index in [1.54, 1.807) is 0 Å². The van der Waals surface area contributed by atoms with Crippen LogP contribution in [0.1, 0.15) is 18.5 Å². The van der Waals surface area contributed by atoms with Crippen LogP contribution >= 0.6 is 27.5 Å². The van der Waals surface area contributed by atoms with E-state index in [-0.39, 0.29) is 0 Å². The van der Waals surface area contributed by atoms with Crippen LogP contribution in [0.3, 0.4) is 0 Å². The Morgan fingerprint density at radius 2 is 2.25 bits per heavy atom. The highest BCUT2D eigenvalue weighted by atomic mass is 79.9. The van der Waals surface area contributed by atoms with E-state index in [2.05, 4.69) is 27.0 Å². The van der Waals surface area contributed by atoms with Crippen molar-refractivity contribution in [2.75, 3.05) is 5.33 Å². The van der Waals surface area contributed by atoms with Gasteiger partial charge in [0, 0.05) is 16.4 Å². The van der Waals surface area contributed by atoms with Crippen LogP contribution in [0.25, 0.3) is 0 Å². The lowest BCUT2D eigenvalue weighted by molar-refractivity contribution is 0.769. The molecule has 1 aromatic heterocycles. The van der Waals surface area contributed by atoms with Crippen LogP contribution in [0.15, 0.2) is 18.2 Å². The molecule has 0 amide bonds. The summed E-state index contributed by atoms with van der Waals surface area (Å²) in [5, 5.41) is 1.59. The van der Waals surface area contributed by atoms with E-state index in [1.807, 2.05) is 12.1 Å². The summed E-state index contributed by atoms with van der Waals surface area (Å²) in [5.41, 5.74) is 1.43. The fourth-order valence-electron chi connectivity index (χ4n) is 1.31. The summed E-state index contributed by atoms with van der Waals surface area (Å²) in [6.07, 6.45) is 2.46. The third-order valence-corrected chi connectivity index (χ3v) is 3.65. The van der Waals surface area contributed by atoms with Gasteiger partial charge in [0.15, 0.2) is 0 Å². The molecule has 0 aliphatic heterocycles. The Kier molecular flexibility index (Phi) is 2.13. The number of alkyl halides is 1. The molecule has 0 atom stereocenters. The lowest BCUT2D eigenvalue weighted by atomic mass is 10.1. The molecule has 0 spiro atoms. The average molecular weight is 247 g/mol. The zero-order valence-electron chi connectivity index (χ0n) is 6.56. The number of pyridine rings is 1. The first-order valence-corrected chi connectivity index (χ1v) is 5.46. The fraction of sp³-hybridized carbons (Fsp3) is 0.444. The van der Waals surface area contributed by atoms with Gasteiger partial charge < -0.3 is 0 Å². The Morgan fingerprint density at radius 3 is 2.75 bits per heavy atom. The van der Waals surface area contributed by atoms with E-state index in [4.69, 9.17) is 11.6 Å². The highest BCUT2D eigenvalue weighted by Crippen LogP contribution is 2.48. The van der Waals surface area contributed by atoms with Crippen molar-refractivity contribution in [3.05, 3.63) is 29.0 Å². The van der Waals surface area contributed by atoms with Gasteiger partial charge in [0.1, 0.15) is 5.15 Å². The van der Waals surface area contributed by atoms with Crippen LogP contribution in [0, 0.1) is 0 Å². The summed E-state index contributed by atoms with van der Waals surface area (Å²) < 4.78 is 0.